The molecule has 9 nitrogen and oxygen atoms in total. The van der Waals surface area contributed by atoms with Crippen LogP contribution in [0.4, 0.5) is 0 Å². The number of carbonyl (C=O) groups excluding carboxylic acids is 1. The zero-order valence-corrected chi connectivity index (χ0v) is 17.2. The third kappa shape index (κ3) is 4.62. The molecule has 0 unspecified atom stereocenters. The second-order valence-corrected chi connectivity index (χ2v) is 6.37. The number of hydrogen-bond donors (Lipinski definition) is 2. The molecule has 0 aliphatic carbocycles. The molecule has 2 aromatic carbocycles. The van der Waals surface area contributed by atoms with Crippen molar-refractivity contribution < 1.29 is 23.7 Å². The maximum atomic E-state index is 12.7. The molecule has 3 aromatic rings. The molecule has 0 saturated carbocycles. The molecule has 158 valence electrons. The van der Waals surface area contributed by atoms with Gasteiger partial charge in [0.1, 0.15) is 40.8 Å². The van der Waals surface area contributed by atoms with Crippen molar-refractivity contribution in [3.8, 4) is 34.4 Å². The lowest BCUT2D eigenvalue weighted by atomic mass is 10.1. The van der Waals surface area contributed by atoms with Crippen molar-refractivity contribution in [1.82, 2.24) is 15.3 Å². The summed E-state index contributed by atoms with van der Waals surface area (Å²) in [6.07, 6.45) is 0. The molecular weight excluding hydrogens is 390 g/mol. The van der Waals surface area contributed by atoms with Crippen LogP contribution in [0.25, 0.3) is 22.3 Å². The fourth-order valence-electron chi connectivity index (χ4n) is 2.93. The van der Waals surface area contributed by atoms with Gasteiger partial charge in [-0.1, -0.05) is 0 Å². The van der Waals surface area contributed by atoms with Gasteiger partial charge in [-0.05, 0) is 12.1 Å². The van der Waals surface area contributed by atoms with Crippen molar-refractivity contribution in [1.29, 1.82) is 0 Å². The number of rotatable bonds is 8. The highest BCUT2D eigenvalue weighted by atomic mass is 16.5. The van der Waals surface area contributed by atoms with E-state index < -0.39 is 0 Å². The topological polar surface area (TPSA) is 112 Å². The van der Waals surface area contributed by atoms with Crippen LogP contribution in [0.1, 0.15) is 6.92 Å². The average Bonchev–Trinajstić information content (AvgIpc) is 2.75. The molecule has 3 rings (SSSR count). The highest BCUT2D eigenvalue weighted by Gasteiger charge is 2.14. The van der Waals surface area contributed by atoms with E-state index in [4.69, 9.17) is 18.9 Å². The molecule has 30 heavy (non-hydrogen) atoms. The first-order valence-electron chi connectivity index (χ1n) is 9.18. The third-order valence-electron chi connectivity index (χ3n) is 4.34. The zero-order valence-electron chi connectivity index (χ0n) is 17.2. The summed E-state index contributed by atoms with van der Waals surface area (Å²) >= 11 is 0. The fraction of sp³-hybridized carbons (Fsp3) is 0.286. The van der Waals surface area contributed by atoms with Gasteiger partial charge in [0, 0.05) is 30.7 Å². The Morgan fingerprint density at radius 1 is 1.00 bits per heavy atom. The Balaban J connectivity index is 2.02. The number of nitrogens with zero attached hydrogens (tertiary/aromatic N) is 1. The van der Waals surface area contributed by atoms with Crippen LogP contribution >= 0.6 is 0 Å². The van der Waals surface area contributed by atoms with Crippen molar-refractivity contribution in [2.24, 2.45) is 0 Å². The summed E-state index contributed by atoms with van der Waals surface area (Å²) in [6, 6.07) is 8.48. The predicted octanol–water partition coefficient (Wildman–Crippen LogP) is 2.13. The second kappa shape index (κ2) is 9.17. The van der Waals surface area contributed by atoms with Crippen molar-refractivity contribution in [3.63, 3.8) is 0 Å². The Kier molecular flexibility index (Phi) is 6.41. The minimum Gasteiger partial charge on any atom is -0.497 e. The highest BCUT2D eigenvalue weighted by Crippen LogP contribution is 2.31. The molecular formula is C21H23N3O6. The van der Waals surface area contributed by atoms with Gasteiger partial charge in [0.05, 0.1) is 33.4 Å². The number of fused-ring (bicyclic) bond motifs is 1. The lowest BCUT2D eigenvalue weighted by Crippen LogP contribution is -2.25. The Morgan fingerprint density at radius 3 is 2.37 bits per heavy atom. The molecule has 0 bridgehead atoms. The van der Waals surface area contributed by atoms with Gasteiger partial charge in [0.2, 0.25) is 5.91 Å². The van der Waals surface area contributed by atoms with Crippen LogP contribution in [0, 0.1) is 0 Å². The number of hydrogen-bond acceptors (Lipinski definition) is 7. The second-order valence-electron chi connectivity index (χ2n) is 6.37. The van der Waals surface area contributed by atoms with E-state index in [1.165, 1.54) is 28.3 Å². The first kappa shape index (κ1) is 21.0. The van der Waals surface area contributed by atoms with Crippen molar-refractivity contribution in [3.05, 3.63) is 40.7 Å². The van der Waals surface area contributed by atoms with Gasteiger partial charge in [-0.2, -0.15) is 0 Å². The van der Waals surface area contributed by atoms with Crippen LogP contribution in [-0.2, 0) is 4.79 Å². The molecule has 0 atom stereocenters. The van der Waals surface area contributed by atoms with E-state index in [2.05, 4.69) is 15.3 Å². The van der Waals surface area contributed by atoms with Crippen LogP contribution in [0.3, 0.4) is 0 Å². The smallest absolute Gasteiger partial charge is 0.262 e. The molecule has 1 amide bonds. The minimum atomic E-state index is -0.342. The summed E-state index contributed by atoms with van der Waals surface area (Å²) in [5, 5.41) is 2.99. The highest BCUT2D eigenvalue weighted by molar-refractivity contribution is 5.87. The molecule has 1 aromatic heterocycles. The maximum Gasteiger partial charge on any atom is 0.262 e. The normalized spacial score (nSPS) is 10.5. The van der Waals surface area contributed by atoms with Gasteiger partial charge in [-0.15, -0.1) is 0 Å². The molecule has 2 N–H and O–H groups in total. The lowest BCUT2D eigenvalue weighted by molar-refractivity contribution is -0.119. The number of carbonyl (C=O) groups is 1. The molecule has 0 radical (unpaired) electrons. The average molecular weight is 413 g/mol. The van der Waals surface area contributed by atoms with Gasteiger partial charge in [-0.25, -0.2) is 4.98 Å². The first-order chi connectivity index (χ1) is 14.4. The fourth-order valence-corrected chi connectivity index (χ4v) is 2.93. The number of ether oxygens (including phenoxy) is 4. The number of aromatic amines is 1. The van der Waals surface area contributed by atoms with Gasteiger partial charge >= 0.3 is 0 Å². The summed E-state index contributed by atoms with van der Waals surface area (Å²) < 4.78 is 21.6. The van der Waals surface area contributed by atoms with E-state index in [0.29, 0.717) is 51.8 Å². The maximum absolute atomic E-state index is 12.7. The van der Waals surface area contributed by atoms with Crippen LogP contribution in [0.2, 0.25) is 0 Å². The molecule has 0 aliphatic rings. The van der Waals surface area contributed by atoms with Crippen LogP contribution in [0.5, 0.6) is 23.0 Å². The molecule has 1 heterocycles. The predicted molar refractivity (Wildman–Crippen MR) is 112 cm³/mol. The van der Waals surface area contributed by atoms with E-state index in [1.54, 1.807) is 30.3 Å². The lowest BCUT2D eigenvalue weighted by Gasteiger charge is -2.12. The first-order valence-corrected chi connectivity index (χ1v) is 9.18. The number of nitrogens with one attached hydrogen (secondary N) is 2. The molecule has 9 heteroatoms. The summed E-state index contributed by atoms with van der Waals surface area (Å²) in [4.78, 5) is 31.1. The zero-order chi connectivity index (χ0) is 21.7. The number of amides is 1. The summed E-state index contributed by atoms with van der Waals surface area (Å²) in [7, 11) is 4.54. The largest absolute Gasteiger partial charge is 0.497 e. The van der Waals surface area contributed by atoms with Crippen molar-refractivity contribution >= 4 is 16.8 Å². The molecule has 0 aliphatic heterocycles. The van der Waals surface area contributed by atoms with E-state index in [0.717, 1.165) is 0 Å². The van der Waals surface area contributed by atoms with Crippen LogP contribution < -0.4 is 29.8 Å². The quantitative estimate of drug-likeness (QED) is 0.544. The Bertz CT molecular complexity index is 1130. The van der Waals surface area contributed by atoms with Crippen molar-refractivity contribution in [2.45, 2.75) is 6.92 Å². The SMILES string of the molecule is COc1cc(OCCNC(C)=O)cc(-c2nc3cc(OC)cc(OC)c3c(=O)[nH]2)c1. The molecule has 0 saturated heterocycles. The van der Waals surface area contributed by atoms with Gasteiger partial charge in [-0.3, -0.25) is 9.59 Å². The summed E-state index contributed by atoms with van der Waals surface area (Å²) in [6.45, 7) is 2.09. The Morgan fingerprint density at radius 2 is 1.70 bits per heavy atom. The molecule has 0 spiro atoms. The number of benzene rings is 2. The van der Waals surface area contributed by atoms with Crippen molar-refractivity contribution in [2.75, 3.05) is 34.5 Å². The minimum absolute atomic E-state index is 0.131. The van der Waals surface area contributed by atoms with Gasteiger partial charge in [0.15, 0.2) is 0 Å². The Hall–Kier alpha value is -3.75. The van der Waals surface area contributed by atoms with E-state index >= 15 is 0 Å². The van der Waals surface area contributed by atoms with Crippen LogP contribution in [0.15, 0.2) is 35.1 Å². The monoisotopic (exact) mass is 413 g/mol. The van der Waals surface area contributed by atoms with E-state index in [-0.39, 0.29) is 18.1 Å². The van der Waals surface area contributed by atoms with Crippen LogP contribution in [-0.4, -0.2) is 50.4 Å². The molecule has 0 fully saturated rings. The summed E-state index contributed by atoms with van der Waals surface area (Å²) in [5.74, 6) is 2.16. The number of H-pyrrole nitrogens is 1. The van der Waals surface area contributed by atoms with Gasteiger partial charge in [0.25, 0.3) is 5.56 Å². The van der Waals surface area contributed by atoms with E-state index in [9.17, 15) is 9.59 Å². The van der Waals surface area contributed by atoms with E-state index in [1.807, 2.05) is 0 Å². The number of methoxy groups -OCH3 is 3. The third-order valence-corrected chi connectivity index (χ3v) is 4.34. The Labute approximate surface area is 172 Å². The standard InChI is InChI=1S/C21H23N3O6/c1-12(25)22-5-6-30-16-8-13(7-14(9-16)27-2)20-23-17-10-15(28-3)11-18(29-4)19(17)21(26)24-20/h7-11H,5-6H2,1-4H3,(H,22,25)(H,23,24,26). The summed E-state index contributed by atoms with van der Waals surface area (Å²) in [5.41, 5.74) is 0.691. The number of aromatic nitrogens is 2. The van der Waals surface area contributed by atoms with Gasteiger partial charge < -0.3 is 29.2 Å².